The molecule has 0 aromatic rings. The minimum absolute atomic E-state index is 0. The van der Waals surface area contributed by atoms with Gasteiger partial charge in [-0.1, -0.05) is 0 Å². The molecule has 0 atom stereocenters. The first-order chi connectivity index (χ1) is 2.00. The molecule has 6 heavy (non-hydrogen) atoms. The maximum Gasteiger partial charge on any atom is 2.00 e. The molecule has 0 aliphatic carbocycles. The van der Waals surface area contributed by atoms with E-state index in [1.165, 1.54) is 14.9 Å². The summed E-state index contributed by atoms with van der Waals surface area (Å²) >= 11 is 1.51. The normalized spacial score (nSPS) is 9.67. The zero-order valence-corrected chi connectivity index (χ0v) is 8.28. The van der Waals surface area contributed by atoms with E-state index in [2.05, 4.69) is 0 Å². The number of rotatable bonds is 0. The first kappa shape index (κ1) is 10.1. The molecule has 0 bridgehead atoms. The third kappa shape index (κ3) is 74.9. The van der Waals surface area contributed by atoms with Gasteiger partial charge in [-0.3, -0.25) is 0 Å². The first-order valence-corrected chi connectivity index (χ1v) is 4.15. The monoisotopic (exact) mass is 225 g/mol. The van der Waals surface area contributed by atoms with Gasteiger partial charge in [-0.15, -0.1) is 0 Å². The third-order valence-corrected chi connectivity index (χ3v) is 0. The molecule has 0 saturated carbocycles. The zero-order valence-electron chi connectivity index (χ0n) is 2.79. The maximum absolute atomic E-state index is 9.13. The van der Waals surface area contributed by atoms with Crippen molar-refractivity contribution in [2.24, 2.45) is 0 Å². The number of hydrogen-bond acceptors (Lipinski definition) is 2. The van der Waals surface area contributed by atoms with Crippen molar-refractivity contribution >= 4 is 23.4 Å². The van der Waals surface area contributed by atoms with Crippen molar-refractivity contribution in [3.8, 4) is 0 Å². The van der Waals surface area contributed by atoms with Gasteiger partial charge >= 0.3 is 55.9 Å². The quantitative estimate of drug-likeness (QED) is 0.423. The van der Waals surface area contributed by atoms with Gasteiger partial charge in [-0.05, 0) is 0 Å². The fourth-order valence-electron chi connectivity index (χ4n) is 0. The Labute approximate surface area is 55.9 Å². The molecule has 0 aliphatic rings. The van der Waals surface area contributed by atoms with Crippen LogP contribution >= 0.6 is 0 Å². The van der Waals surface area contributed by atoms with Crippen LogP contribution in [0, 0.1) is 0 Å². The summed E-state index contributed by atoms with van der Waals surface area (Å²) in [7, 11) is -3.79. The van der Waals surface area contributed by atoms with E-state index in [1.807, 2.05) is 0 Å². The summed E-state index contributed by atoms with van der Waals surface area (Å²) in [5.74, 6) is 0. The Kier molecular flexibility index (Phi) is 5.24. The van der Waals surface area contributed by atoms with Crippen LogP contribution in [-0.2, 0) is 28.0 Å². The summed E-state index contributed by atoms with van der Waals surface area (Å²) in [6.45, 7) is 0. The Bertz CT molecular complexity index is 94.0. The Hall–Kier alpha value is 1.05. The van der Waals surface area contributed by atoms with Gasteiger partial charge in [0.2, 0.25) is 0 Å². The van der Waals surface area contributed by atoms with Gasteiger partial charge in [0.1, 0.15) is 0 Å². The molecule has 6 heteroatoms. The summed E-state index contributed by atoms with van der Waals surface area (Å²) < 4.78 is 25.7. The minimum Gasteiger partial charge on any atom is 2.00 e. The van der Waals surface area contributed by atoms with Crippen molar-refractivity contribution in [1.82, 2.24) is 0 Å². The Morgan fingerprint density at radius 3 is 1.50 bits per heavy atom. The fourth-order valence-corrected chi connectivity index (χ4v) is 0. The van der Waals surface area contributed by atoms with Crippen LogP contribution in [0.5, 0.6) is 0 Å². The van der Waals surface area contributed by atoms with E-state index in [4.69, 9.17) is 13.0 Å². The van der Waals surface area contributed by atoms with Gasteiger partial charge in [0, 0.05) is 0 Å². The van der Waals surface area contributed by atoms with Crippen molar-refractivity contribution in [3.63, 3.8) is 0 Å². The van der Waals surface area contributed by atoms with E-state index in [-0.39, 0.29) is 19.5 Å². The Morgan fingerprint density at radius 1 is 1.50 bits per heavy atom. The summed E-state index contributed by atoms with van der Waals surface area (Å²) in [5.41, 5.74) is 0. The second-order valence-corrected chi connectivity index (χ2v) is 3.93. The molecule has 0 aromatic heterocycles. The van der Waals surface area contributed by atoms with Crippen molar-refractivity contribution < 1.29 is 32.4 Å². The van der Waals surface area contributed by atoms with Crippen molar-refractivity contribution in [1.29, 1.82) is 0 Å². The van der Waals surface area contributed by atoms with E-state index < -0.39 is 8.54 Å². The average molecular weight is 225 g/mol. The van der Waals surface area contributed by atoms with Crippen molar-refractivity contribution in [2.75, 3.05) is 0 Å². The topological polar surface area (TPSA) is 54.4 Å². The SMILES string of the molecule is O=S(=O)(O)[Se].[Zn+2]. The zero-order chi connectivity index (χ0) is 4.50. The molecule has 0 aromatic carbocycles. The molecule has 1 N–H and O–H groups in total. The molecular formula is HO3SSeZn+2. The molecular weight excluding hydrogens is 224 g/mol. The minimum atomic E-state index is -3.79. The van der Waals surface area contributed by atoms with Crippen molar-refractivity contribution in [2.45, 2.75) is 0 Å². The van der Waals surface area contributed by atoms with Gasteiger partial charge < -0.3 is 0 Å². The van der Waals surface area contributed by atoms with E-state index in [1.54, 1.807) is 0 Å². The third-order valence-electron chi connectivity index (χ3n) is 0. The summed E-state index contributed by atoms with van der Waals surface area (Å²) in [5, 5.41) is 0. The van der Waals surface area contributed by atoms with E-state index in [0.29, 0.717) is 0 Å². The second kappa shape index (κ2) is 3.11. The molecule has 0 saturated heterocycles. The molecule has 1 radical (unpaired) electrons. The molecule has 0 heterocycles. The van der Waals surface area contributed by atoms with Crippen LogP contribution in [0.3, 0.4) is 0 Å². The predicted octanol–water partition coefficient (Wildman–Crippen LogP) is -1.04. The van der Waals surface area contributed by atoms with E-state index in [0.717, 1.165) is 0 Å². The molecule has 3 nitrogen and oxygen atoms in total. The Morgan fingerprint density at radius 2 is 1.50 bits per heavy atom. The van der Waals surface area contributed by atoms with Crippen LogP contribution < -0.4 is 0 Å². The molecule has 0 aliphatic heterocycles. The number of hydrogen-bond donors (Lipinski definition) is 1. The largest absolute Gasteiger partial charge is 2.00 e. The van der Waals surface area contributed by atoms with Crippen LogP contribution in [0.1, 0.15) is 0 Å². The van der Waals surface area contributed by atoms with E-state index in [9.17, 15) is 0 Å². The summed E-state index contributed by atoms with van der Waals surface area (Å²) in [6, 6.07) is 0. The summed E-state index contributed by atoms with van der Waals surface area (Å²) in [4.78, 5) is 0. The van der Waals surface area contributed by atoms with Crippen LogP contribution in [0.2, 0.25) is 0 Å². The molecule has 0 unspecified atom stereocenters. The molecule has 0 rings (SSSR count). The molecule has 0 spiro atoms. The van der Waals surface area contributed by atoms with Crippen LogP contribution in [0.25, 0.3) is 0 Å². The van der Waals surface area contributed by atoms with Gasteiger partial charge in [0.25, 0.3) is 0 Å². The second-order valence-electron chi connectivity index (χ2n) is 0.428. The van der Waals surface area contributed by atoms with Gasteiger partial charge in [-0.25, -0.2) is 0 Å². The van der Waals surface area contributed by atoms with Gasteiger partial charge in [-0.2, -0.15) is 0 Å². The van der Waals surface area contributed by atoms with Crippen molar-refractivity contribution in [3.05, 3.63) is 0 Å². The molecule has 0 amide bonds. The van der Waals surface area contributed by atoms with Gasteiger partial charge in [0.05, 0.1) is 0 Å². The fraction of sp³-hybridized carbons (Fsp3) is 0. The standard InChI is InChI=1S/HO3SSe.Zn/c1-4(2,3)5;/h(H,1,2,3);/q;+2. The van der Waals surface area contributed by atoms with Gasteiger partial charge in [0.15, 0.2) is 0 Å². The molecule has 0 fully saturated rings. The first-order valence-electron chi connectivity index (χ1n) is 0.683. The predicted molar refractivity (Wildman–Crippen MR) is 17.3 cm³/mol. The van der Waals surface area contributed by atoms with Crippen LogP contribution in [0.15, 0.2) is 0 Å². The summed E-state index contributed by atoms with van der Waals surface area (Å²) in [6.07, 6.45) is 0. The molecule has 31 valence electrons. The van der Waals surface area contributed by atoms with E-state index >= 15 is 0 Å². The van der Waals surface area contributed by atoms with Crippen LogP contribution in [-0.4, -0.2) is 27.9 Å². The Balaban J connectivity index is 0. The smallest absolute Gasteiger partial charge is 2.00 e. The van der Waals surface area contributed by atoms with Crippen LogP contribution in [0.4, 0.5) is 0 Å². The average Bonchev–Trinajstić information content (AvgIpc) is 0.722. The maximum atomic E-state index is 9.13.